The fourth-order valence-electron chi connectivity index (χ4n) is 2.63. The van der Waals surface area contributed by atoms with E-state index in [1.807, 2.05) is 12.1 Å². The van der Waals surface area contributed by atoms with E-state index >= 15 is 0 Å². The van der Waals surface area contributed by atoms with Crippen molar-refractivity contribution in [3.05, 3.63) is 29.8 Å². The van der Waals surface area contributed by atoms with E-state index in [2.05, 4.69) is 29.3 Å². The van der Waals surface area contributed by atoms with Crippen molar-refractivity contribution < 1.29 is 4.74 Å². The Morgan fingerprint density at radius 2 is 1.84 bits per heavy atom. The molecule has 1 aliphatic rings. The van der Waals surface area contributed by atoms with Crippen LogP contribution < -0.4 is 10.1 Å². The van der Waals surface area contributed by atoms with Gasteiger partial charge in [0.1, 0.15) is 5.75 Å². The Balaban J connectivity index is 1.71. The smallest absolute Gasteiger partial charge is 0.118 e. The molecule has 3 nitrogen and oxygen atoms in total. The van der Waals surface area contributed by atoms with Crippen molar-refractivity contribution >= 4 is 0 Å². The minimum Gasteiger partial charge on any atom is -0.497 e. The predicted octanol–water partition coefficient (Wildman–Crippen LogP) is 2.66. The minimum absolute atomic E-state index is 0.542. The molecular weight excluding hydrogens is 236 g/mol. The molecule has 1 aromatic rings. The van der Waals surface area contributed by atoms with Crippen molar-refractivity contribution in [3.8, 4) is 5.75 Å². The zero-order chi connectivity index (χ0) is 13.5. The van der Waals surface area contributed by atoms with Crippen LogP contribution in [0, 0.1) is 0 Å². The van der Waals surface area contributed by atoms with Crippen molar-refractivity contribution in [3.63, 3.8) is 0 Å². The molecule has 0 radical (unpaired) electrons. The standard InChI is InChI=1S/C16H26N2O/c1-14(13-18-10-4-3-5-11-18)17-12-15-6-8-16(19-2)9-7-15/h6-9,14,17H,3-5,10-13H2,1-2H3. The first-order chi connectivity index (χ1) is 9.28. The number of hydrogen-bond donors (Lipinski definition) is 1. The zero-order valence-corrected chi connectivity index (χ0v) is 12.2. The highest BCUT2D eigenvalue weighted by Crippen LogP contribution is 2.12. The number of benzene rings is 1. The molecular formula is C16H26N2O. The first kappa shape index (κ1) is 14.4. The van der Waals surface area contributed by atoms with E-state index in [0.29, 0.717) is 6.04 Å². The Morgan fingerprint density at radius 3 is 2.47 bits per heavy atom. The Bertz CT molecular complexity index is 358. The Morgan fingerprint density at radius 1 is 1.16 bits per heavy atom. The second-order valence-electron chi connectivity index (χ2n) is 5.49. The van der Waals surface area contributed by atoms with Crippen LogP contribution in [-0.4, -0.2) is 37.7 Å². The summed E-state index contributed by atoms with van der Waals surface area (Å²) in [6.45, 7) is 6.91. The van der Waals surface area contributed by atoms with Gasteiger partial charge in [0.25, 0.3) is 0 Å². The Labute approximate surface area is 116 Å². The third-order valence-electron chi connectivity index (χ3n) is 3.79. The SMILES string of the molecule is COc1ccc(CNC(C)CN2CCCCC2)cc1. The second-order valence-corrected chi connectivity index (χ2v) is 5.49. The number of likely N-dealkylation sites (tertiary alicyclic amines) is 1. The summed E-state index contributed by atoms with van der Waals surface area (Å²) >= 11 is 0. The molecule has 1 N–H and O–H groups in total. The molecule has 1 fully saturated rings. The van der Waals surface area contributed by atoms with Gasteiger partial charge >= 0.3 is 0 Å². The van der Waals surface area contributed by atoms with Crippen LogP contribution in [0.25, 0.3) is 0 Å². The van der Waals surface area contributed by atoms with Gasteiger partial charge in [-0.15, -0.1) is 0 Å². The van der Waals surface area contributed by atoms with Crippen molar-refractivity contribution in [2.45, 2.75) is 38.8 Å². The average molecular weight is 262 g/mol. The van der Waals surface area contributed by atoms with Gasteiger partial charge in [-0.2, -0.15) is 0 Å². The van der Waals surface area contributed by atoms with Gasteiger partial charge in [-0.3, -0.25) is 0 Å². The minimum atomic E-state index is 0.542. The van der Waals surface area contributed by atoms with Gasteiger partial charge in [0, 0.05) is 19.1 Å². The van der Waals surface area contributed by atoms with Gasteiger partial charge in [0.2, 0.25) is 0 Å². The summed E-state index contributed by atoms with van der Waals surface area (Å²) in [6, 6.07) is 8.83. The van der Waals surface area contributed by atoms with Crippen LogP contribution in [0.5, 0.6) is 5.75 Å². The summed E-state index contributed by atoms with van der Waals surface area (Å²) < 4.78 is 5.17. The fourth-order valence-corrected chi connectivity index (χ4v) is 2.63. The summed E-state index contributed by atoms with van der Waals surface area (Å²) in [4.78, 5) is 2.58. The molecule has 1 saturated heterocycles. The van der Waals surface area contributed by atoms with Crippen LogP contribution >= 0.6 is 0 Å². The van der Waals surface area contributed by atoms with Gasteiger partial charge in [-0.1, -0.05) is 18.6 Å². The van der Waals surface area contributed by atoms with Gasteiger partial charge in [0.15, 0.2) is 0 Å². The van der Waals surface area contributed by atoms with E-state index in [0.717, 1.165) is 18.8 Å². The predicted molar refractivity (Wildman–Crippen MR) is 79.6 cm³/mol. The third-order valence-corrected chi connectivity index (χ3v) is 3.79. The quantitative estimate of drug-likeness (QED) is 0.853. The Hall–Kier alpha value is -1.06. The molecule has 1 aliphatic heterocycles. The first-order valence-electron chi connectivity index (χ1n) is 7.36. The number of ether oxygens (including phenoxy) is 1. The van der Waals surface area contributed by atoms with Gasteiger partial charge in [-0.25, -0.2) is 0 Å². The number of piperidine rings is 1. The lowest BCUT2D eigenvalue weighted by Gasteiger charge is -2.29. The maximum absolute atomic E-state index is 5.17. The molecule has 19 heavy (non-hydrogen) atoms. The van der Waals surface area contributed by atoms with Gasteiger partial charge in [0.05, 0.1) is 7.11 Å². The number of nitrogens with one attached hydrogen (secondary N) is 1. The van der Waals surface area contributed by atoms with Crippen molar-refractivity contribution in [1.82, 2.24) is 10.2 Å². The second kappa shape index (κ2) is 7.51. The number of hydrogen-bond acceptors (Lipinski definition) is 3. The summed E-state index contributed by atoms with van der Waals surface area (Å²) in [6.07, 6.45) is 4.14. The number of nitrogens with zero attached hydrogens (tertiary/aromatic N) is 1. The molecule has 1 unspecified atom stereocenters. The maximum Gasteiger partial charge on any atom is 0.118 e. The lowest BCUT2D eigenvalue weighted by molar-refractivity contribution is 0.209. The number of rotatable bonds is 6. The molecule has 0 amide bonds. The van der Waals surface area contributed by atoms with Crippen LogP contribution in [-0.2, 0) is 6.54 Å². The summed E-state index contributed by atoms with van der Waals surface area (Å²) in [5.74, 6) is 0.921. The van der Waals surface area contributed by atoms with Crippen LogP contribution in [0.3, 0.4) is 0 Å². The molecule has 1 aromatic carbocycles. The highest BCUT2D eigenvalue weighted by atomic mass is 16.5. The summed E-state index contributed by atoms with van der Waals surface area (Å²) in [5, 5.41) is 3.60. The van der Waals surface area contributed by atoms with Crippen LogP contribution in [0.15, 0.2) is 24.3 Å². The van der Waals surface area contributed by atoms with E-state index in [-0.39, 0.29) is 0 Å². The van der Waals surface area contributed by atoms with Crippen molar-refractivity contribution in [1.29, 1.82) is 0 Å². The van der Waals surface area contributed by atoms with E-state index in [9.17, 15) is 0 Å². The van der Waals surface area contributed by atoms with Gasteiger partial charge in [-0.05, 0) is 50.6 Å². The van der Waals surface area contributed by atoms with Crippen molar-refractivity contribution in [2.75, 3.05) is 26.7 Å². The van der Waals surface area contributed by atoms with E-state index in [1.54, 1.807) is 7.11 Å². The molecule has 1 heterocycles. The molecule has 106 valence electrons. The highest BCUT2D eigenvalue weighted by molar-refractivity contribution is 5.27. The van der Waals surface area contributed by atoms with E-state index in [1.165, 1.54) is 37.9 Å². The summed E-state index contributed by atoms with van der Waals surface area (Å²) in [5.41, 5.74) is 1.31. The monoisotopic (exact) mass is 262 g/mol. The Kier molecular flexibility index (Phi) is 5.67. The highest BCUT2D eigenvalue weighted by Gasteiger charge is 2.12. The zero-order valence-electron chi connectivity index (χ0n) is 12.2. The number of methoxy groups -OCH3 is 1. The largest absolute Gasteiger partial charge is 0.497 e. The van der Waals surface area contributed by atoms with Crippen LogP contribution in [0.2, 0.25) is 0 Å². The molecule has 0 saturated carbocycles. The third kappa shape index (κ3) is 4.84. The molecule has 0 aliphatic carbocycles. The molecule has 3 heteroatoms. The van der Waals surface area contributed by atoms with E-state index < -0.39 is 0 Å². The molecule has 0 aromatic heterocycles. The van der Waals surface area contributed by atoms with Gasteiger partial charge < -0.3 is 15.0 Å². The lowest BCUT2D eigenvalue weighted by Crippen LogP contribution is -2.41. The fraction of sp³-hybridized carbons (Fsp3) is 0.625. The molecule has 0 spiro atoms. The van der Waals surface area contributed by atoms with Crippen molar-refractivity contribution in [2.24, 2.45) is 0 Å². The van der Waals surface area contributed by atoms with E-state index in [4.69, 9.17) is 4.74 Å². The first-order valence-corrected chi connectivity index (χ1v) is 7.36. The maximum atomic E-state index is 5.17. The topological polar surface area (TPSA) is 24.5 Å². The van der Waals surface area contributed by atoms with Crippen LogP contribution in [0.4, 0.5) is 0 Å². The average Bonchev–Trinajstić information content (AvgIpc) is 2.47. The van der Waals surface area contributed by atoms with Crippen LogP contribution in [0.1, 0.15) is 31.7 Å². The molecule has 2 rings (SSSR count). The lowest BCUT2D eigenvalue weighted by atomic mass is 10.1. The normalized spacial score (nSPS) is 18.2. The molecule has 0 bridgehead atoms. The summed E-state index contributed by atoms with van der Waals surface area (Å²) in [7, 11) is 1.70. The molecule has 1 atom stereocenters.